The monoisotopic (exact) mass is 689 g/mol. The van der Waals surface area contributed by atoms with Gasteiger partial charge in [-0.1, -0.05) is 43.6 Å². The standard InChI is InChI=1S/C32H32Cl3F2N7O2/c1-6-20(45)43-10-9-42(13-16(43)5)30-17-11-19(33)28(21-24(36)22(34)25(37)23(35)26(21)39)41-31(17)44(32(46)18(30)12-38)29-15(4)7-8-40-27(29)14(2)3/h6-8,11,14,16,23,25,27,40H,1,9-10,13,39H2,2-5H3/t16-,23?,25?,27?/m1/s1. The molecule has 2 aromatic heterocycles. The van der Waals surface area contributed by atoms with Crippen molar-refractivity contribution in [3.8, 4) is 6.07 Å². The molecule has 4 atom stereocenters. The molecular formula is C32H32Cl3F2N7O2. The van der Waals surface area contributed by atoms with E-state index >= 15 is 4.39 Å². The van der Waals surface area contributed by atoms with E-state index in [4.69, 9.17) is 45.5 Å². The van der Waals surface area contributed by atoms with Gasteiger partial charge in [-0.3, -0.25) is 14.2 Å². The molecule has 3 unspecified atom stereocenters. The molecule has 3 N–H and O–H groups in total. The molecule has 1 fully saturated rings. The lowest BCUT2D eigenvalue weighted by Gasteiger charge is -2.41. The summed E-state index contributed by atoms with van der Waals surface area (Å²) in [5.41, 5.74) is 6.00. The Morgan fingerprint density at radius 1 is 1.33 bits per heavy atom. The van der Waals surface area contributed by atoms with Gasteiger partial charge in [-0.2, -0.15) is 5.26 Å². The number of carbonyl (C=O) groups is 1. The third-order valence-corrected chi connectivity index (χ3v) is 9.67. The summed E-state index contributed by atoms with van der Waals surface area (Å²) in [6, 6.07) is 2.92. The molecule has 0 spiro atoms. The molecular weight excluding hydrogens is 659 g/mol. The average Bonchev–Trinajstić information content (AvgIpc) is 3.02. The van der Waals surface area contributed by atoms with Crippen molar-refractivity contribution in [2.45, 2.75) is 51.3 Å². The van der Waals surface area contributed by atoms with Crippen LogP contribution in [-0.2, 0) is 4.79 Å². The van der Waals surface area contributed by atoms with Crippen LogP contribution in [0.5, 0.6) is 0 Å². The predicted molar refractivity (Wildman–Crippen MR) is 179 cm³/mol. The summed E-state index contributed by atoms with van der Waals surface area (Å²) in [4.78, 5) is 35.2. The Balaban J connectivity index is 1.88. The van der Waals surface area contributed by atoms with Crippen molar-refractivity contribution in [2.75, 3.05) is 24.5 Å². The van der Waals surface area contributed by atoms with Crippen LogP contribution in [0.25, 0.3) is 22.3 Å². The van der Waals surface area contributed by atoms with E-state index in [0.717, 1.165) is 5.57 Å². The Kier molecular flexibility index (Phi) is 9.28. The van der Waals surface area contributed by atoms with Crippen LogP contribution in [0.2, 0.25) is 5.02 Å². The maximum absolute atomic E-state index is 15.6. The number of halogens is 5. The number of nitrogens with one attached hydrogen (secondary N) is 1. The van der Waals surface area contributed by atoms with Gasteiger partial charge in [0, 0.05) is 36.8 Å². The number of nitriles is 1. The average molecular weight is 691 g/mol. The number of carbonyl (C=O) groups excluding carboxylic acids is 1. The van der Waals surface area contributed by atoms with Crippen LogP contribution in [0.1, 0.15) is 39.0 Å². The van der Waals surface area contributed by atoms with E-state index in [-0.39, 0.29) is 75.9 Å². The van der Waals surface area contributed by atoms with Crippen LogP contribution in [0, 0.1) is 17.2 Å². The number of rotatable bonds is 5. The largest absolute Gasteiger partial charge is 0.400 e. The molecule has 2 aliphatic heterocycles. The molecule has 0 bridgehead atoms. The number of amides is 1. The Morgan fingerprint density at radius 3 is 2.63 bits per heavy atom. The lowest BCUT2D eigenvalue weighted by molar-refractivity contribution is -0.128. The van der Waals surface area contributed by atoms with E-state index in [1.54, 1.807) is 17.2 Å². The van der Waals surface area contributed by atoms with E-state index in [1.807, 2.05) is 32.6 Å². The SMILES string of the molecule is C=CC(=O)N1CCN(c2c(C#N)c(=O)n(C3=C(C)C=CNC3C(C)C)c3nc(C4=C(N)C(Cl)C(F)C(Cl)=C4F)c(Cl)cc23)C[C@H]1C. The first-order chi connectivity index (χ1) is 21.7. The molecule has 1 amide bonds. The van der Waals surface area contributed by atoms with Gasteiger partial charge < -0.3 is 20.9 Å². The lowest BCUT2D eigenvalue weighted by atomic mass is 9.94. The minimum Gasteiger partial charge on any atom is -0.400 e. The zero-order valence-corrected chi connectivity index (χ0v) is 27.8. The van der Waals surface area contributed by atoms with Crippen molar-refractivity contribution in [3.63, 3.8) is 0 Å². The van der Waals surface area contributed by atoms with E-state index < -0.39 is 28.0 Å². The molecule has 1 saturated heterocycles. The number of alkyl halides is 2. The third-order valence-electron chi connectivity index (χ3n) is 8.56. The number of hydrogen-bond donors (Lipinski definition) is 2. The van der Waals surface area contributed by atoms with E-state index in [1.165, 1.54) is 16.7 Å². The molecule has 0 aromatic carbocycles. The van der Waals surface area contributed by atoms with Gasteiger partial charge in [-0.15, -0.1) is 11.6 Å². The first-order valence-corrected chi connectivity index (χ1v) is 15.8. The smallest absolute Gasteiger partial charge is 0.276 e. The third kappa shape index (κ3) is 5.36. The first kappa shape index (κ1) is 33.5. The highest BCUT2D eigenvalue weighted by molar-refractivity contribution is 6.36. The second kappa shape index (κ2) is 12.7. The van der Waals surface area contributed by atoms with Crippen molar-refractivity contribution in [3.05, 3.63) is 79.8 Å². The Hall–Kier alpha value is -3.85. The molecule has 5 rings (SSSR count). The number of aromatic nitrogens is 2. The number of nitrogens with zero attached hydrogens (tertiary/aromatic N) is 5. The zero-order chi connectivity index (χ0) is 33.8. The fourth-order valence-electron chi connectivity index (χ4n) is 6.24. The van der Waals surface area contributed by atoms with Crippen molar-refractivity contribution in [2.24, 2.45) is 11.7 Å². The second-order valence-corrected chi connectivity index (χ2v) is 13.1. The van der Waals surface area contributed by atoms with Gasteiger partial charge in [0.25, 0.3) is 5.56 Å². The Morgan fingerprint density at radius 2 is 2.02 bits per heavy atom. The second-order valence-electron chi connectivity index (χ2n) is 11.8. The minimum atomic E-state index is -2.08. The first-order valence-electron chi connectivity index (χ1n) is 14.6. The number of fused-ring (bicyclic) bond motifs is 1. The molecule has 0 radical (unpaired) electrons. The van der Waals surface area contributed by atoms with Crippen molar-refractivity contribution in [1.29, 1.82) is 5.26 Å². The summed E-state index contributed by atoms with van der Waals surface area (Å²) in [6.45, 7) is 12.1. The van der Waals surface area contributed by atoms with Gasteiger partial charge in [0.15, 0.2) is 12.0 Å². The van der Waals surface area contributed by atoms with Gasteiger partial charge in [-0.25, -0.2) is 13.8 Å². The fraction of sp³-hybridized carbons (Fsp3) is 0.375. The summed E-state index contributed by atoms with van der Waals surface area (Å²) in [6.07, 6.45) is 2.73. The normalized spacial score (nSPS) is 23.8. The van der Waals surface area contributed by atoms with E-state index in [0.29, 0.717) is 17.6 Å². The molecule has 3 aliphatic rings. The zero-order valence-electron chi connectivity index (χ0n) is 25.5. The maximum atomic E-state index is 15.6. The Bertz CT molecular complexity index is 1890. The number of hydrogen-bond acceptors (Lipinski definition) is 7. The van der Waals surface area contributed by atoms with Crippen LogP contribution >= 0.6 is 34.8 Å². The number of pyridine rings is 2. The molecule has 4 heterocycles. The molecule has 1 aliphatic carbocycles. The van der Waals surface area contributed by atoms with E-state index in [2.05, 4.69) is 18.0 Å². The highest BCUT2D eigenvalue weighted by Gasteiger charge is 2.39. The van der Waals surface area contributed by atoms with Gasteiger partial charge in [0.05, 0.1) is 38.7 Å². The maximum Gasteiger partial charge on any atom is 0.276 e. The summed E-state index contributed by atoms with van der Waals surface area (Å²) < 4.78 is 31.6. The van der Waals surface area contributed by atoms with Gasteiger partial charge in [-0.05, 0) is 49.8 Å². The Labute approximate surface area is 279 Å². The molecule has 46 heavy (non-hydrogen) atoms. The lowest BCUT2D eigenvalue weighted by Crippen LogP contribution is -2.54. The summed E-state index contributed by atoms with van der Waals surface area (Å²) in [5.74, 6) is -1.42. The summed E-state index contributed by atoms with van der Waals surface area (Å²) >= 11 is 19.0. The van der Waals surface area contributed by atoms with Crippen molar-refractivity contribution in [1.82, 2.24) is 19.8 Å². The number of nitrogens with two attached hydrogens (primary N) is 1. The highest BCUT2D eigenvalue weighted by Crippen LogP contribution is 2.44. The van der Waals surface area contributed by atoms with Gasteiger partial charge in [0.2, 0.25) is 5.91 Å². The number of allylic oxidation sites excluding steroid dienone is 6. The molecule has 9 nitrogen and oxygen atoms in total. The van der Waals surface area contributed by atoms with Crippen LogP contribution in [0.3, 0.4) is 0 Å². The van der Waals surface area contributed by atoms with Crippen molar-refractivity contribution < 1.29 is 13.6 Å². The topological polar surface area (TPSA) is 120 Å². The highest BCUT2D eigenvalue weighted by atomic mass is 35.5. The van der Waals surface area contributed by atoms with Crippen molar-refractivity contribution >= 4 is 68.7 Å². The van der Waals surface area contributed by atoms with Gasteiger partial charge in [0.1, 0.15) is 22.7 Å². The minimum absolute atomic E-state index is 0.0143. The summed E-state index contributed by atoms with van der Waals surface area (Å²) in [7, 11) is 0. The number of anilines is 1. The van der Waals surface area contributed by atoms with E-state index in [9.17, 15) is 19.2 Å². The molecule has 242 valence electrons. The predicted octanol–water partition coefficient (Wildman–Crippen LogP) is 5.57. The van der Waals surface area contributed by atoms with Crippen LogP contribution < -0.4 is 21.5 Å². The van der Waals surface area contributed by atoms with Crippen LogP contribution in [0.15, 0.2) is 57.9 Å². The molecule has 14 heteroatoms. The summed E-state index contributed by atoms with van der Waals surface area (Å²) in [5, 5.41) is 11.7. The molecule has 0 saturated carbocycles. The number of piperazine rings is 1. The van der Waals surface area contributed by atoms with Crippen LogP contribution in [-0.4, -0.2) is 63.6 Å². The fourth-order valence-corrected chi connectivity index (χ4v) is 7.01. The quantitative estimate of drug-likeness (QED) is 0.311. The van der Waals surface area contributed by atoms with Gasteiger partial charge >= 0.3 is 0 Å². The van der Waals surface area contributed by atoms with Crippen LogP contribution in [0.4, 0.5) is 14.5 Å². The number of dihydropyridines is 1. The molecule has 2 aromatic rings.